The molecule has 0 bridgehead atoms. The predicted octanol–water partition coefficient (Wildman–Crippen LogP) is 4.88. The maximum atomic E-state index is 13.5. The molecule has 2 aliphatic carbocycles. The molecule has 0 fully saturated rings. The summed E-state index contributed by atoms with van der Waals surface area (Å²) in [5.41, 5.74) is 5.55. The van der Waals surface area contributed by atoms with Crippen molar-refractivity contribution >= 4 is 17.5 Å². The highest BCUT2D eigenvalue weighted by atomic mass is 16.5. The van der Waals surface area contributed by atoms with Gasteiger partial charge in [0.15, 0.2) is 23.0 Å². The molecule has 0 heterocycles. The molecular formula is C36H43N3O8. The van der Waals surface area contributed by atoms with Gasteiger partial charge in [-0.3, -0.25) is 14.4 Å². The van der Waals surface area contributed by atoms with E-state index in [4.69, 9.17) is 23.7 Å². The Morgan fingerprint density at radius 2 is 1.38 bits per heavy atom. The lowest BCUT2D eigenvalue weighted by atomic mass is 9.95. The molecule has 3 aromatic rings. The van der Waals surface area contributed by atoms with Gasteiger partial charge in [-0.05, 0) is 90.3 Å². The molecule has 0 aromatic heterocycles. The van der Waals surface area contributed by atoms with Gasteiger partial charge in [-0.1, -0.05) is 6.07 Å². The minimum absolute atomic E-state index is 0.0571. The number of hydrogen-bond donors (Lipinski definition) is 3. The van der Waals surface area contributed by atoms with Crippen LogP contribution in [0.4, 0.5) is 5.69 Å². The maximum Gasteiger partial charge on any atom is 0.220 e. The third-order valence-electron chi connectivity index (χ3n) is 8.87. The minimum atomic E-state index is -0.394. The summed E-state index contributed by atoms with van der Waals surface area (Å²) >= 11 is 0. The lowest BCUT2D eigenvalue weighted by Gasteiger charge is -2.19. The highest BCUT2D eigenvalue weighted by Crippen LogP contribution is 2.50. The number of aryl methyl sites for hydroxylation is 2. The molecule has 250 valence electrons. The van der Waals surface area contributed by atoms with Crippen LogP contribution in [0.2, 0.25) is 0 Å². The van der Waals surface area contributed by atoms with Crippen LogP contribution >= 0.6 is 0 Å². The average molecular weight is 646 g/mol. The zero-order valence-electron chi connectivity index (χ0n) is 27.8. The van der Waals surface area contributed by atoms with Gasteiger partial charge in [0.05, 0.1) is 53.3 Å². The van der Waals surface area contributed by atoms with Crippen LogP contribution in [0.3, 0.4) is 0 Å². The molecule has 0 unspecified atom stereocenters. The van der Waals surface area contributed by atoms with Crippen molar-refractivity contribution in [1.82, 2.24) is 10.6 Å². The fourth-order valence-corrected chi connectivity index (χ4v) is 6.68. The number of methoxy groups -OCH3 is 5. The summed E-state index contributed by atoms with van der Waals surface area (Å²) in [4.78, 5) is 38.7. The number of anilines is 1. The summed E-state index contributed by atoms with van der Waals surface area (Å²) in [6.07, 6.45) is 3.68. The highest BCUT2D eigenvalue weighted by molar-refractivity contribution is 5.84. The van der Waals surface area contributed by atoms with Crippen molar-refractivity contribution < 1.29 is 33.3 Å². The summed E-state index contributed by atoms with van der Waals surface area (Å²) in [5.74, 6) is 2.56. The summed E-state index contributed by atoms with van der Waals surface area (Å²) in [7, 11) is 7.90. The van der Waals surface area contributed by atoms with E-state index in [-0.39, 0.29) is 23.3 Å². The average Bonchev–Trinajstić information content (AvgIpc) is 3.29. The van der Waals surface area contributed by atoms with Crippen molar-refractivity contribution in [3.8, 4) is 39.9 Å². The van der Waals surface area contributed by atoms with Crippen molar-refractivity contribution in [1.29, 1.82) is 0 Å². The highest BCUT2D eigenvalue weighted by Gasteiger charge is 2.30. The Hall–Kier alpha value is -4.93. The second-order valence-electron chi connectivity index (χ2n) is 11.7. The first kappa shape index (κ1) is 33.4. The number of fused-ring (bicyclic) bond motifs is 4. The molecule has 0 spiro atoms. The first-order valence-corrected chi connectivity index (χ1v) is 15.8. The molecule has 11 heteroatoms. The van der Waals surface area contributed by atoms with Gasteiger partial charge >= 0.3 is 0 Å². The Bertz CT molecular complexity index is 1720. The fraction of sp³-hybridized carbons (Fsp3) is 0.417. The van der Waals surface area contributed by atoms with Gasteiger partial charge in [0, 0.05) is 25.5 Å². The quantitative estimate of drug-likeness (QED) is 0.236. The number of rotatable bonds is 12. The third kappa shape index (κ3) is 6.94. The Labute approximate surface area is 274 Å². The van der Waals surface area contributed by atoms with Gasteiger partial charge in [-0.2, -0.15) is 0 Å². The molecule has 2 atom stereocenters. The van der Waals surface area contributed by atoms with Crippen molar-refractivity contribution in [3.63, 3.8) is 0 Å². The standard InChI is InChI=1S/C36H43N3O8/c1-20(40)38-27-13-10-22-17-32(45-4)35(46-5)36(47-6)34(22)23-11-14-28(29(41)18-25(23)27)37-15-7-8-33(42)39-26-12-9-21-16-30(43-2)31(44-3)19-24(21)26/h11,14,16-19,26-27H,7-10,12-13,15H2,1-6H3,(H,37,41)(H,38,40)(H,39,42)/t26-,27-/m0/s1. The minimum Gasteiger partial charge on any atom is -0.493 e. The monoisotopic (exact) mass is 645 g/mol. The molecule has 0 saturated carbocycles. The zero-order chi connectivity index (χ0) is 33.7. The summed E-state index contributed by atoms with van der Waals surface area (Å²) in [6, 6.07) is 10.6. The molecule has 3 aromatic carbocycles. The van der Waals surface area contributed by atoms with E-state index >= 15 is 0 Å². The fourth-order valence-electron chi connectivity index (χ4n) is 6.68. The largest absolute Gasteiger partial charge is 0.493 e. The van der Waals surface area contributed by atoms with E-state index in [0.717, 1.165) is 40.7 Å². The van der Waals surface area contributed by atoms with Crippen LogP contribution in [0.1, 0.15) is 66.9 Å². The van der Waals surface area contributed by atoms with Crippen molar-refractivity contribution in [2.75, 3.05) is 47.4 Å². The van der Waals surface area contributed by atoms with Gasteiger partial charge in [0.25, 0.3) is 0 Å². The molecule has 11 nitrogen and oxygen atoms in total. The van der Waals surface area contributed by atoms with Crippen LogP contribution < -0.4 is 45.1 Å². The Morgan fingerprint density at radius 3 is 2.04 bits per heavy atom. The van der Waals surface area contributed by atoms with Gasteiger partial charge in [0.1, 0.15) is 0 Å². The van der Waals surface area contributed by atoms with Crippen LogP contribution in [0, 0.1) is 0 Å². The van der Waals surface area contributed by atoms with Crippen molar-refractivity contribution in [2.24, 2.45) is 0 Å². The molecule has 2 amide bonds. The SMILES string of the molecule is COc1cc2c(cc1OC)[C@@H](NC(=O)CCCNc1ccc3c(cc1=O)[C@@H](NC(C)=O)CCc1cc(OC)c(OC)c(OC)c1-3)CC2. The molecular weight excluding hydrogens is 602 g/mol. The summed E-state index contributed by atoms with van der Waals surface area (Å²) in [6.45, 7) is 1.89. The second-order valence-corrected chi connectivity index (χ2v) is 11.7. The van der Waals surface area contributed by atoms with Gasteiger partial charge in [0.2, 0.25) is 23.0 Å². The molecule has 0 aliphatic heterocycles. The zero-order valence-corrected chi connectivity index (χ0v) is 27.8. The molecule has 0 saturated heterocycles. The molecule has 3 N–H and O–H groups in total. The Morgan fingerprint density at radius 1 is 0.745 bits per heavy atom. The Balaban J connectivity index is 1.34. The van der Waals surface area contributed by atoms with E-state index in [0.29, 0.717) is 72.2 Å². The lowest BCUT2D eigenvalue weighted by molar-refractivity contribution is -0.122. The van der Waals surface area contributed by atoms with Crippen molar-refractivity contribution in [2.45, 2.75) is 57.5 Å². The molecule has 2 aliphatic rings. The summed E-state index contributed by atoms with van der Waals surface area (Å²) in [5, 5.41) is 9.40. The Kier molecular flexibility index (Phi) is 10.4. The maximum absolute atomic E-state index is 13.5. The second kappa shape index (κ2) is 14.7. The van der Waals surface area contributed by atoms with Crippen LogP contribution in [-0.4, -0.2) is 53.9 Å². The van der Waals surface area contributed by atoms with E-state index in [1.165, 1.54) is 6.92 Å². The summed E-state index contributed by atoms with van der Waals surface area (Å²) < 4.78 is 28.0. The van der Waals surface area contributed by atoms with Crippen LogP contribution in [-0.2, 0) is 22.4 Å². The van der Waals surface area contributed by atoms with Crippen LogP contribution in [0.25, 0.3) is 11.1 Å². The molecule has 0 radical (unpaired) electrons. The van der Waals surface area contributed by atoms with Gasteiger partial charge in [-0.15, -0.1) is 0 Å². The van der Waals surface area contributed by atoms with Gasteiger partial charge in [-0.25, -0.2) is 0 Å². The molecule has 47 heavy (non-hydrogen) atoms. The smallest absolute Gasteiger partial charge is 0.220 e. The number of hydrogen-bond acceptors (Lipinski definition) is 9. The van der Waals surface area contributed by atoms with Crippen LogP contribution in [0.15, 0.2) is 41.2 Å². The lowest BCUT2D eigenvalue weighted by Crippen LogP contribution is -2.27. The topological polar surface area (TPSA) is 133 Å². The van der Waals surface area contributed by atoms with E-state index in [1.807, 2.05) is 24.3 Å². The first-order chi connectivity index (χ1) is 22.7. The number of ether oxygens (including phenoxy) is 5. The number of nitrogens with one attached hydrogen (secondary N) is 3. The van der Waals surface area contributed by atoms with E-state index in [1.54, 1.807) is 47.7 Å². The van der Waals surface area contributed by atoms with E-state index in [9.17, 15) is 14.4 Å². The van der Waals surface area contributed by atoms with E-state index in [2.05, 4.69) is 16.0 Å². The molecule has 5 rings (SSSR count). The normalized spacial score (nSPS) is 16.0. The number of benzene rings is 2. The van der Waals surface area contributed by atoms with Crippen molar-refractivity contribution in [3.05, 3.63) is 68.9 Å². The number of amides is 2. The van der Waals surface area contributed by atoms with Gasteiger partial charge < -0.3 is 39.6 Å². The number of carbonyl (C=O) groups excluding carboxylic acids is 2. The number of carbonyl (C=O) groups is 2. The first-order valence-electron chi connectivity index (χ1n) is 15.8. The van der Waals surface area contributed by atoms with Crippen LogP contribution in [0.5, 0.6) is 28.7 Å². The van der Waals surface area contributed by atoms with E-state index < -0.39 is 6.04 Å². The third-order valence-corrected chi connectivity index (χ3v) is 8.87. The predicted molar refractivity (Wildman–Crippen MR) is 179 cm³/mol.